The molecule has 0 saturated carbocycles. The highest BCUT2D eigenvalue weighted by Gasteiger charge is 2.22. The van der Waals surface area contributed by atoms with Crippen LogP contribution in [-0.2, 0) is 9.84 Å². The van der Waals surface area contributed by atoms with E-state index in [-0.39, 0.29) is 27.4 Å². The molecule has 2 aromatic carbocycles. The van der Waals surface area contributed by atoms with Gasteiger partial charge in [-0.15, -0.1) is 0 Å². The van der Waals surface area contributed by atoms with Crippen LogP contribution in [0, 0.1) is 0 Å². The van der Waals surface area contributed by atoms with Crippen molar-refractivity contribution in [1.29, 1.82) is 0 Å². The molecular weight excluding hydrogens is 292 g/mol. The topological polar surface area (TPSA) is 83.8 Å². The molecule has 0 aliphatic carbocycles. The first-order valence-electron chi connectivity index (χ1n) is 6.34. The largest absolute Gasteiger partial charge is 0.508 e. The summed E-state index contributed by atoms with van der Waals surface area (Å²) in [6, 6.07) is 9.19. The summed E-state index contributed by atoms with van der Waals surface area (Å²) in [4.78, 5) is -0.247. The van der Waals surface area contributed by atoms with Crippen molar-refractivity contribution in [2.45, 2.75) is 29.7 Å². The SMILES string of the molecule is CC(C)Oc1ccc(O)c(S(=O)(=O)c2ccc(O)cc2)c1. The van der Waals surface area contributed by atoms with Crippen molar-refractivity contribution >= 4 is 9.84 Å². The van der Waals surface area contributed by atoms with Crippen LogP contribution in [0.3, 0.4) is 0 Å². The lowest BCUT2D eigenvalue weighted by Crippen LogP contribution is -2.07. The van der Waals surface area contributed by atoms with Gasteiger partial charge in [-0.25, -0.2) is 8.42 Å². The Morgan fingerprint density at radius 2 is 1.62 bits per heavy atom. The van der Waals surface area contributed by atoms with Gasteiger partial charge in [0, 0.05) is 6.07 Å². The van der Waals surface area contributed by atoms with Crippen LogP contribution in [0.5, 0.6) is 17.2 Å². The van der Waals surface area contributed by atoms with Crippen LogP contribution in [0.15, 0.2) is 52.3 Å². The summed E-state index contributed by atoms with van der Waals surface area (Å²) in [5.74, 6) is -0.0191. The van der Waals surface area contributed by atoms with E-state index in [0.717, 1.165) is 0 Å². The Labute approximate surface area is 123 Å². The van der Waals surface area contributed by atoms with Gasteiger partial charge in [-0.2, -0.15) is 0 Å². The number of aromatic hydroxyl groups is 2. The molecule has 0 saturated heterocycles. The van der Waals surface area contributed by atoms with Crippen LogP contribution in [0.25, 0.3) is 0 Å². The van der Waals surface area contributed by atoms with Gasteiger partial charge in [0.1, 0.15) is 22.1 Å². The molecule has 0 fully saturated rings. The van der Waals surface area contributed by atoms with Crippen LogP contribution >= 0.6 is 0 Å². The Bertz CT molecular complexity index is 733. The first kappa shape index (κ1) is 15.2. The van der Waals surface area contributed by atoms with Crippen molar-refractivity contribution in [3.8, 4) is 17.2 Å². The number of phenolic OH excluding ortho intramolecular Hbond substituents is 2. The van der Waals surface area contributed by atoms with Gasteiger partial charge in [-0.3, -0.25) is 0 Å². The number of hydrogen-bond acceptors (Lipinski definition) is 5. The van der Waals surface area contributed by atoms with E-state index in [4.69, 9.17) is 4.74 Å². The third-order valence-electron chi connectivity index (χ3n) is 2.74. The lowest BCUT2D eigenvalue weighted by molar-refractivity contribution is 0.241. The van der Waals surface area contributed by atoms with Gasteiger partial charge in [0.25, 0.3) is 0 Å². The molecule has 0 aromatic heterocycles. The minimum atomic E-state index is -3.89. The average molecular weight is 308 g/mol. The Hall–Kier alpha value is -2.21. The van der Waals surface area contributed by atoms with Gasteiger partial charge < -0.3 is 14.9 Å². The van der Waals surface area contributed by atoms with Crippen LogP contribution in [0.1, 0.15) is 13.8 Å². The Kier molecular flexibility index (Phi) is 4.09. The smallest absolute Gasteiger partial charge is 0.210 e. The monoisotopic (exact) mass is 308 g/mol. The van der Waals surface area contributed by atoms with E-state index in [0.29, 0.717) is 5.75 Å². The normalized spacial score (nSPS) is 11.6. The molecule has 0 aliphatic rings. The summed E-state index contributed by atoms with van der Waals surface area (Å²) in [7, 11) is -3.89. The van der Waals surface area contributed by atoms with Gasteiger partial charge in [0.05, 0.1) is 11.0 Å². The van der Waals surface area contributed by atoms with Crippen molar-refractivity contribution in [1.82, 2.24) is 0 Å². The Morgan fingerprint density at radius 3 is 2.19 bits per heavy atom. The molecule has 0 unspecified atom stereocenters. The molecule has 0 spiro atoms. The van der Waals surface area contributed by atoms with Crippen molar-refractivity contribution in [3.63, 3.8) is 0 Å². The summed E-state index contributed by atoms with van der Waals surface area (Å²) in [5, 5.41) is 19.1. The summed E-state index contributed by atoms with van der Waals surface area (Å²) in [5.41, 5.74) is 0. The molecule has 2 N–H and O–H groups in total. The van der Waals surface area contributed by atoms with Crippen LogP contribution in [0.2, 0.25) is 0 Å². The van der Waals surface area contributed by atoms with Crippen LogP contribution in [-0.4, -0.2) is 24.7 Å². The zero-order chi connectivity index (χ0) is 15.6. The first-order valence-corrected chi connectivity index (χ1v) is 7.83. The number of benzene rings is 2. The highest BCUT2D eigenvalue weighted by Crippen LogP contribution is 2.32. The predicted octanol–water partition coefficient (Wildman–Crippen LogP) is 2.72. The molecule has 0 radical (unpaired) electrons. The molecule has 2 aromatic rings. The predicted molar refractivity (Wildman–Crippen MR) is 77.4 cm³/mol. The zero-order valence-electron chi connectivity index (χ0n) is 11.6. The van der Waals surface area contributed by atoms with Crippen molar-refractivity contribution in [3.05, 3.63) is 42.5 Å². The lowest BCUT2D eigenvalue weighted by atomic mass is 10.3. The van der Waals surface area contributed by atoms with Gasteiger partial charge in [0.2, 0.25) is 9.84 Å². The maximum Gasteiger partial charge on any atom is 0.210 e. The summed E-state index contributed by atoms with van der Waals surface area (Å²) in [6.07, 6.45) is -0.112. The van der Waals surface area contributed by atoms with Gasteiger partial charge >= 0.3 is 0 Å². The highest BCUT2D eigenvalue weighted by atomic mass is 32.2. The molecular formula is C15H16O5S. The average Bonchev–Trinajstić information content (AvgIpc) is 2.41. The fourth-order valence-corrected chi connectivity index (χ4v) is 3.17. The second-order valence-corrected chi connectivity index (χ2v) is 6.71. The Balaban J connectivity index is 2.51. The molecule has 6 heteroatoms. The quantitative estimate of drug-likeness (QED) is 0.907. The van der Waals surface area contributed by atoms with Gasteiger partial charge in [-0.1, -0.05) is 0 Å². The third-order valence-corrected chi connectivity index (χ3v) is 4.54. The minimum absolute atomic E-state index is 0.0164. The molecule has 0 heterocycles. The summed E-state index contributed by atoms with van der Waals surface area (Å²) in [6.45, 7) is 3.64. The standard InChI is InChI=1S/C15H16O5S/c1-10(2)20-12-5-8-14(17)15(9-12)21(18,19)13-6-3-11(16)4-7-13/h3-10,16-17H,1-2H3. The fraction of sp³-hybridized carbons (Fsp3) is 0.200. The maximum atomic E-state index is 12.5. The molecule has 0 amide bonds. The maximum absolute atomic E-state index is 12.5. The molecule has 0 bridgehead atoms. The molecule has 112 valence electrons. The summed E-state index contributed by atoms with van der Waals surface area (Å²) >= 11 is 0. The minimum Gasteiger partial charge on any atom is -0.508 e. The van der Waals surface area contributed by atoms with Crippen LogP contribution in [0.4, 0.5) is 0 Å². The lowest BCUT2D eigenvalue weighted by Gasteiger charge is -2.12. The number of ether oxygens (including phenoxy) is 1. The fourth-order valence-electron chi connectivity index (χ4n) is 1.81. The second-order valence-electron chi connectivity index (χ2n) is 4.79. The molecule has 0 atom stereocenters. The number of phenols is 2. The van der Waals surface area contributed by atoms with Crippen molar-refractivity contribution in [2.75, 3.05) is 0 Å². The Morgan fingerprint density at radius 1 is 1.00 bits per heavy atom. The molecule has 2 rings (SSSR count). The first-order chi connectivity index (χ1) is 9.80. The van der Waals surface area contributed by atoms with Gasteiger partial charge in [0.15, 0.2) is 0 Å². The molecule has 21 heavy (non-hydrogen) atoms. The van der Waals surface area contributed by atoms with Crippen LogP contribution < -0.4 is 4.74 Å². The van der Waals surface area contributed by atoms with E-state index in [1.807, 2.05) is 13.8 Å². The van der Waals surface area contributed by atoms with E-state index in [1.54, 1.807) is 0 Å². The highest BCUT2D eigenvalue weighted by molar-refractivity contribution is 7.91. The zero-order valence-corrected chi connectivity index (χ0v) is 12.5. The number of rotatable bonds is 4. The molecule has 5 nitrogen and oxygen atoms in total. The van der Waals surface area contributed by atoms with E-state index >= 15 is 0 Å². The number of sulfone groups is 1. The number of hydrogen-bond donors (Lipinski definition) is 2. The second kappa shape index (κ2) is 5.65. The van der Waals surface area contributed by atoms with E-state index < -0.39 is 9.84 Å². The van der Waals surface area contributed by atoms with Gasteiger partial charge in [-0.05, 0) is 50.2 Å². The third kappa shape index (κ3) is 3.28. The molecule has 0 aliphatic heterocycles. The van der Waals surface area contributed by atoms with E-state index in [1.165, 1.54) is 42.5 Å². The van der Waals surface area contributed by atoms with E-state index in [2.05, 4.69) is 0 Å². The van der Waals surface area contributed by atoms with E-state index in [9.17, 15) is 18.6 Å². The van der Waals surface area contributed by atoms with Crippen molar-refractivity contribution < 1.29 is 23.4 Å². The van der Waals surface area contributed by atoms with Crippen molar-refractivity contribution in [2.24, 2.45) is 0 Å². The summed E-state index contributed by atoms with van der Waals surface area (Å²) < 4.78 is 30.5.